The van der Waals surface area contributed by atoms with Gasteiger partial charge in [0.1, 0.15) is 29.8 Å². The fourth-order valence-electron chi connectivity index (χ4n) is 4.80. The minimum absolute atomic E-state index is 0.210. The van der Waals surface area contributed by atoms with Gasteiger partial charge in [-0.3, -0.25) is 5.32 Å². The number of halogens is 4. The van der Waals surface area contributed by atoms with Gasteiger partial charge in [-0.15, -0.1) is 0 Å². The third-order valence-electron chi connectivity index (χ3n) is 6.46. The monoisotopic (exact) mass is 589 g/mol. The van der Waals surface area contributed by atoms with Gasteiger partial charge in [0.25, 0.3) is 0 Å². The second-order valence-electron chi connectivity index (χ2n) is 9.24. The van der Waals surface area contributed by atoms with Crippen molar-refractivity contribution < 1.29 is 26.8 Å². The highest BCUT2D eigenvalue weighted by Crippen LogP contribution is 2.65. The number of ether oxygens (including phenoxy) is 1. The van der Waals surface area contributed by atoms with Crippen LogP contribution in [0, 0.1) is 0 Å². The van der Waals surface area contributed by atoms with Gasteiger partial charge in [-0.1, -0.05) is 115 Å². The molecule has 0 aliphatic heterocycles. The van der Waals surface area contributed by atoms with Crippen molar-refractivity contribution in [3.63, 3.8) is 0 Å². The quantitative estimate of drug-likeness (QED) is 0.114. The summed E-state index contributed by atoms with van der Waals surface area (Å²) in [4.78, 5) is 13.4. The average molecular weight is 589 g/mol. The van der Waals surface area contributed by atoms with Gasteiger partial charge in [0.15, 0.2) is 5.78 Å². The van der Waals surface area contributed by atoms with Gasteiger partial charge in [-0.2, -0.15) is 0 Å². The normalized spacial score (nSPS) is 11.9. The SMILES string of the molecule is F[B-](F)(F)F.O=C(N[C@H](c1ccccc1)[P+](c1ccccc1)(c1ccccc1)c1ccccc1)OCc1ccccc1. The number of hydrogen-bond acceptors (Lipinski definition) is 2. The number of nitrogens with one attached hydrogen (secondary N) is 1. The lowest BCUT2D eigenvalue weighted by Crippen LogP contribution is -2.42. The highest BCUT2D eigenvalue weighted by Gasteiger charge is 2.54. The molecule has 0 saturated heterocycles. The van der Waals surface area contributed by atoms with E-state index in [4.69, 9.17) is 4.74 Å². The maximum Gasteiger partial charge on any atom is 0.673 e. The Kier molecular flexibility index (Phi) is 10.5. The molecule has 1 amide bonds. The highest BCUT2D eigenvalue weighted by atomic mass is 31.2. The smallest absolute Gasteiger partial charge is 0.445 e. The third kappa shape index (κ3) is 8.08. The molecule has 9 heteroatoms. The second-order valence-corrected chi connectivity index (χ2v) is 12.8. The van der Waals surface area contributed by atoms with Crippen molar-refractivity contribution in [2.45, 2.75) is 12.4 Å². The van der Waals surface area contributed by atoms with Crippen LogP contribution >= 0.6 is 7.26 Å². The molecule has 5 aromatic rings. The number of alkyl carbamates (subject to hydrolysis) is 1. The van der Waals surface area contributed by atoms with E-state index < -0.39 is 20.6 Å². The molecule has 0 radical (unpaired) electrons. The molecule has 42 heavy (non-hydrogen) atoms. The van der Waals surface area contributed by atoms with Crippen molar-refractivity contribution in [2.75, 3.05) is 0 Å². The zero-order chi connectivity index (χ0) is 29.8. The first-order valence-corrected chi connectivity index (χ1v) is 15.1. The van der Waals surface area contributed by atoms with E-state index in [1.807, 2.05) is 66.7 Å². The first kappa shape index (κ1) is 30.5. The van der Waals surface area contributed by atoms with Crippen LogP contribution < -0.4 is 21.2 Å². The summed E-state index contributed by atoms with van der Waals surface area (Å²) >= 11 is 0. The summed E-state index contributed by atoms with van der Waals surface area (Å²) in [7, 11) is -8.45. The predicted octanol–water partition coefficient (Wildman–Crippen LogP) is 7.91. The predicted molar refractivity (Wildman–Crippen MR) is 164 cm³/mol. The van der Waals surface area contributed by atoms with Crippen LogP contribution in [0.25, 0.3) is 0 Å². The molecule has 0 unspecified atom stereocenters. The minimum Gasteiger partial charge on any atom is -0.445 e. The van der Waals surface area contributed by atoms with E-state index >= 15 is 0 Å². The summed E-state index contributed by atoms with van der Waals surface area (Å²) in [5, 5.41) is 6.88. The van der Waals surface area contributed by atoms with Crippen LogP contribution in [0.15, 0.2) is 152 Å². The van der Waals surface area contributed by atoms with Crippen LogP contribution in [0.5, 0.6) is 0 Å². The van der Waals surface area contributed by atoms with E-state index in [-0.39, 0.29) is 12.4 Å². The highest BCUT2D eigenvalue weighted by molar-refractivity contribution is 7.96. The van der Waals surface area contributed by atoms with Crippen molar-refractivity contribution in [1.82, 2.24) is 5.32 Å². The molecular weight excluding hydrogens is 560 g/mol. The van der Waals surface area contributed by atoms with E-state index in [0.29, 0.717) is 0 Å². The lowest BCUT2D eigenvalue weighted by molar-refractivity contribution is 0.138. The summed E-state index contributed by atoms with van der Waals surface area (Å²) in [6, 6.07) is 51.6. The van der Waals surface area contributed by atoms with Gasteiger partial charge in [0.2, 0.25) is 0 Å². The fraction of sp³-hybridized carbons (Fsp3) is 0.0606. The molecule has 214 valence electrons. The molecule has 0 aliphatic rings. The number of amides is 1. The molecule has 5 rings (SSSR count). The molecule has 0 heterocycles. The van der Waals surface area contributed by atoms with Crippen LogP contribution in [0.4, 0.5) is 22.1 Å². The van der Waals surface area contributed by atoms with E-state index in [9.17, 15) is 22.1 Å². The van der Waals surface area contributed by atoms with Crippen molar-refractivity contribution in [3.8, 4) is 0 Å². The Morgan fingerprint density at radius 1 is 0.595 bits per heavy atom. The zero-order valence-corrected chi connectivity index (χ0v) is 23.5. The Labute approximate surface area is 243 Å². The molecule has 5 aromatic carbocycles. The van der Waals surface area contributed by atoms with Gasteiger partial charge in [-0.25, -0.2) is 4.79 Å². The molecule has 0 fully saturated rings. The van der Waals surface area contributed by atoms with Crippen molar-refractivity contribution >= 4 is 36.5 Å². The van der Waals surface area contributed by atoms with E-state index in [1.54, 1.807) is 0 Å². The Bertz CT molecular complexity index is 1410. The summed E-state index contributed by atoms with van der Waals surface area (Å²) < 4.78 is 44.8. The average Bonchev–Trinajstić information content (AvgIpc) is 3.02. The molecule has 0 bridgehead atoms. The second kappa shape index (κ2) is 14.5. The number of carbonyl (C=O) groups is 1. The topological polar surface area (TPSA) is 38.3 Å². The number of hydrogen-bond donors (Lipinski definition) is 1. The first-order chi connectivity index (χ1) is 20.3. The molecule has 3 nitrogen and oxygen atoms in total. The third-order valence-corrected chi connectivity index (χ3v) is 11.0. The Hall–Kier alpha value is -4.42. The standard InChI is InChI=1S/C33H28NO2P.BF4/c35-33(36-26-27-16-6-1-7-17-27)34-32(28-18-8-2-9-19-28)37(29-20-10-3-11-21-29,30-22-12-4-13-23-30)31-24-14-5-15-25-31;2-1(3,4)5/h1-25,32H,26H2;/q;-1/p+1/t32-;/m0./s1. The van der Waals surface area contributed by atoms with Crippen molar-refractivity contribution in [1.29, 1.82) is 0 Å². The Morgan fingerprint density at radius 3 is 1.31 bits per heavy atom. The van der Waals surface area contributed by atoms with Crippen LogP contribution in [0.2, 0.25) is 0 Å². The summed E-state index contributed by atoms with van der Waals surface area (Å²) in [5.74, 6) is -0.343. The molecule has 0 spiro atoms. The first-order valence-electron chi connectivity index (χ1n) is 13.2. The molecule has 0 saturated carbocycles. The molecule has 0 aromatic heterocycles. The maximum absolute atomic E-state index is 13.4. The number of rotatable bonds is 8. The lowest BCUT2D eigenvalue weighted by Gasteiger charge is -2.35. The molecule has 1 atom stereocenters. The van der Waals surface area contributed by atoms with Gasteiger partial charge in [0, 0.05) is 5.56 Å². The van der Waals surface area contributed by atoms with Gasteiger partial charge in [-0.05, 0) is 42.0 Å². The van der Waals surface area contributed by atoms with Crippen LogP contribution in [0.1, 0.15) is 16.9 Å². The van der Waals surface area contributed by atoms with E-state index in [2.05, 4.69) is 90.2 Å². The Balaban J connectivity index is 0.000000748. The van der Waals surface area contributed by atoms with Gasteiger partial charge >= 0.3 is 13.3 Å². The van der Waals surface area contributed by atoms with Crippen LogP contribution in [0.3, 0.4) is 0 Å². The van der Waals surface area contributed by atoms with Crippen molar-refractivity contribution in [3.05, 3.63) is 163 Å². The largest absolute Gasteiger partial charge is 0.673 e. The van der Waals surface area contributed by atoms with Gasteiger partial charge in [0.05, 0.1) is 0 Å². The van der Waals surface area contributed by atoms with Crippen molar-refractivity contribution in [2.24, 2.45) is 0 Å². The van der Waals surface area contributed by atoms with Gasteiger partial charge < -0.3 is 22.0 Å². The Morgan fingerprint density at radius 2 is 0.929 bits per heavy atom. The fourth-order valence-corrected chi connectivity index (χ4v) is 9.43. The number of carbonyl (C=O) groups excluding carboxylic acids is 1. The maximum atomic E-state index is 13.4. The summed E-state index contributed by atoms with van der Waals surface area (Å²) in [6.45, 7) is 0.210. The van der Waals surface area contributed by atoms with E-state index in [1.165, 1.54) is 15.9 Å². The minimum atomic E-state index is -6.00. The summed E-state index contributed by atoms with van der Waals surface area (Å²) in [5.41, 5.74) is 1.98. The van der Waals surface area contributed by atoms with Crippen LogP contribution in [-0.4, -0.2) is 13.3 Å². The molecular formula is C33H29BF4NO2P. The van der Waals surface area contributed by atoms with Crippen LogP contribution in [-0.2, 0) is 11.3 Å². The molecule has 1 N–H and O–H groups in total. The number of benzene rings is 5. The lowest BCUT2D eigenvalue weighted by atomic mass is 10.2. The summed E-state index contributed by atoms with van der Waals surface area (Å²) in [6.07, 6.45) is -0.440. The van der Waals surface area contributed by atoms with E-state index in [0.717, 1.165) is 11.1 Å². The zero-order valence-electron chi connectivity index (χ0n) is 22.6. The molecule has 0 aliphatic carbocycles.